The molecule has 2 heterocycles. The highest BCUT2D eigenvalue weighted by atomic mass is 35.5. The summed E-state index contributed by atoms with van der Waals surface area (Å²) in [6.07, 6.45) is 1.62. The number of nitrogens with one attached hydrogen (secondary N) is 1. The van der Waals surface area contributed by atoms with Gasteiger partial charge in [0.2, 0.25) is 11.8 Å². The molecular formula is C16H13ClFN5O. The second-order valence-electron chi connectivity index (χ2n) is 4.85. The van der Waals surface area contributed by atoms with Gasteiger partial charge in [-0.1, -0.05) is 11.6 Å². The number of halogens is 2. The van der Waals surface area contributed by atoms with Crippen LogP contribution in [-0.2, 0) is 6.54 Å². The molecule has 8 heteroatoms. The Morgan fingerprint density at radius 3 is 2.67 bits per heavy atom. The molecule has 0 unspecified atom stereocenters. The van der Waals surface area contributed by atoms with Crippen LogP contribution in [-0.4, -0.2) is 15.0 Å². The summed E-state index contributed by atoms with van der Waals surface area (Å²) in [5.41, 5.74) is 6.46. The molecule has 1 aromatic carbocycles. The van der Waals surface area contributed by atoms with E-state index in [1.165, 1.54) is 24.3 Å². The standard InChI is InChI=1S/C16H13ClFN5O/c17-13-8-14(23-16(19)22-13)21-9-10-5-6-20-15(7-10)24-12-3-1-11(18)2-4-12/h1-8H,9H2,(H3,19,21,22,23). The van der Waals surface area contributed by atoms with Gasteiger partial charge in [0, 0.05) is 24.9 Å². The molecule has 0 bridgehead atoms. The van der Waals surface area contributed by atoms with Crippen LogP contribution in [0.5, 0.6) is 11.6 Å². The third-order valence-electron chi connectivity index (χ3n) is 3.02. The molecule has 0 atom stereocenters. The van der Waals surface area contributed by atoms with Crippen molar-refractivity contribution in [2.45, 2.75) is 6.54 Å². The van der Waals surface area contributed by atoms with Gasteiger partial charge in [-0.15, -0.1) is 0 Å². The van der Waals surface area contributed by atoms with E-state index in [4.69, 9.17) is 22.1 Å². The fourth-order valence-corrected chi connectivity index (χ4v) is 2.15. The fourth-order valence-electron chi connectivity index (χ4n) is 1.96. The van der Waals surface area contributed by atoms with Gasteiger partial charge in [0.15, 0.2) is 0 Å². The number of hydrogen-bond donors (Lipinski definition) is 2. The normalized spacial score (nSPS) is 10.4. The van der Waals surface area contributed by atoms with Crippen molar-refractivity contribution in [2.24, 2.45) is 0 Å². The van der Waals surface area contributed by atoms with Gasteiger partial charge in [-0.3, -0.25) is 0 Å². The number of nitrogens with zero attached hydrogens (tertiary/aromatic N) is 3. The Morgan fingerprint density at radius 2 is 1.92 bits per heavy atom. The smallest absolute Gasteiger partial charge is 0.223 e. The molecule has 2 aromatic heterocycles. The van der Waals surface area contributed by atoms with E-state index in [9.17, 15) is 4.39 Å². The molecule has 0 amide bonds. The second kappa shape index (κ2) is 7.10. The fraction of sp³-hybridized carbons (Fsp3) is 0.0625. The summed E-state index contributed by atoms with van der Waals surface area (Å²) in [6.45, 7) is 0.467. The quantitative estimate of drug-likeness (QED) is 0.686. The number of pyridine rings is 1. The van der Waals surface area contributed by atoms with Crippen LogP contribution in [0.25, 0.3) is 0 Å². The monoisotopic (exact) mass is 345 g/mol. The number of anilines is 2. The van der Waals surface area contributed by atoms with Gasteiger partial charge < -0.3 is 15.8 Å². The highest BCUT2D eigenvalue weighted by Crippen LogP contribution is 2.21. The van der Waals surface area contributed by atoms with E-state index in [-0.39, 0.29) is 16.9 Å². The van der Waals surface area contributed by atoms with Crippen LogP contribution in [0.1, 0.15) is 5.56 Å². The average Bonchev–Trinajstić information content (AvgIpc) is 2.55. The Morgan fingerprint density at radius 1 is 1.12 bits per heavy atom. The summed E-state index contributed by atoms with van der Waals surface area (Å²) in [4.78, 5) is 12.0. The molecule has 0 saturated carbocycles. The minimum Gasteiger partial charge on any atom is -0.439 e. The highest BCUT2D eigenvalue weighted by Gasteiger charge is 2.03. The SMILES string of the molecule is Nc1nc(Cl)cc(NCc2ccnc(Oc3ccc(F)cc3)c2)n1. The van der Waals surface area contributed by atoms with Crippen molar-refractivity contribution in [1.82, 2.24) is 15.0 Å². The van der Waals surface area contributed by atoms with E-state index >= 15 is 0 Å². The Hall–Kier alpha value is -2.93. The topological polar surface area (TPSA) is 86.0 Å². The zero-order valence-corrected chi connectivity index (χ0v) is 13.2. The van der Waals surface area contributed by atoms with Crippen molar-refractivity contribution < 1.29 is 9.13 Å². The van der Waals surface area contributed by atoms with E-state index < -0.39 is 0 Å². The van der Waals surface area contributed by atoms with E-state index in [2.05, 4.69) is 20.3 Å². The lowest BCUT2D eigenvalue weighted by Gasteiger charge is -2.08. The van der Waals surface area contributed by atoms with Crippen molar-refractivity contribution in [3.63, 3.8) is 0 Å². The third kappa shape index (κ3) is 4.30. The van der Waals surface area contributed by atoms with Gasteiger partial charge in [0.1, 0.15) is 22.5 Å². The van der Waals surface area contributed by atoms with Gasteiger partial charge in [-0.25, -0.2) is 14.4 Å². The lowest BCUT2D eigenvalue weighted by molar-refractivity contribution is 0.460. The molecule has 0 radical (unpaired) electrons. The van der Waals surface area contributed by atoms with Crippen LogP contribution in [0.4, 0.5) is 16.2 Å². The van der Waals surface area contributed by atoms with E-state index in [0.717, 1.165) is 5.56 Å². The number of ether oxygens (including phenoxy) is 1. The first-order chi connectivity index (χ1) is 11.6. The minimum absolute atomic E-state index is 0.0973. The first-order valence-corrected chi connectivity index (χ1v) is 7.38. The number of nitrogens with two attached hydrogens (primary N) is 1. The first-order valence-electron chi connectivity index (χ1n) is 7.01. The summed E-state index contributed by atoms with van der Waals surface area (Å²) >= 11 is 5.83. The average molecular weight is 346 g/mol. The lowest BCUT2D eigenvalue weighted by Crippen LogP contribution is -2.04. The number of nitrogen functional groups attached to an aromatic ring is 1. The molecule has 0 aliphatic carbocycles. The molecule has 3 aromatic rings. The van der Waals surface area contributed by atoms with Crippen LogP contribution in [0, 0.1) is 5.82 Å². The molecule has 24 heavy (non-hydrogen) atoms. The Kier molecular flexibility index (Phi) is 4.72. The van der Waals surface area contributed by atoms with Crippen LogP contribution in [0.15, 0.2) is 48.7 Å². The van der Waals surface area contributed by atoms with Crippen molar-refractivity contribution in [1.29, 1.82) is 0 Å². The van der Waals surface area contributed by atoms with Gasteiger partial charge in [-0.05, 0) is 35.9 Å². The number of aromatic nitrogens is 3. The summed E-state index contributed by atoms with van der Waals surface area (Å²) in [5, 5.41) is 3.36. The molecule has 122 valence electrons. The molecule has 0 aliphatic heterocycles. The highest BCUT2D eigenvalue weighted by molar-refractivity contribution is 6.29. The van der Waals surface area contributed by atoms with Crippen LogP contribution in [0.3, 0.4) is 0 Å². The summed E-state index contributed by atoms with van der Waals surface area (Å²) < 4.78 is 18.5. The number of hydrogen-bond acceptors (Lipinski definition) is 6. The van der Waals surface area contributed by atoms with Crippen molar-refractivity contribution in [3.05, 3.63) is 65.2 Å². The maximum Gasteiger partial charge on any atom is 0.223 e. The van der Waals surface area contributed by atoms with E-state index in [0.29, 0.717) is 24.0 Å². The number of benzene rings is 1. The summed E-state index contributed by atoms with van der Waals surface area (Å²) in [5.74, 6) is 1.20. The Balaban J connectivity index is 1.67. The molecule has 6 nitrogen and oxygen atoms in total. The molecular weight excluding hydrogens is 333 g/mol. The van der Waals surface area contributed by atoms with Gasteiger partial charge in [-0.2, -0.15) is 4.98 Å². The van der Waals surface area contributed by atoms with Crippen molar-refractivity contribution >= 4 is 23.4 Å². The van der Waals surface area contributed by atoms with Crippen LogP contribution in [0.2, 0.25) is 5.15 Å². The minimum atomic E-state index is -0.323. The summed E-state index contributed by atoms with van der Waals surface area (Å²) in [7, 11) is 0. The number of rotatable bonds is 5. The zero-order chi connectivity index (χ0) is 16.9. The molecule has 0 spiro atoms. The Labute approximate surface area is 142 Å². The second-order valence-corrected chi connectivity index (χ2v) is 5.23. The van der Waals surface area contributed by atoms with Gasteiger partial charge in [0.05, 0.1) is 0 Å². The molecule has 0 fully saturated rings. The van der Waals surface area contributed by atoms with Crippen LogP contribution >= 0.6 is 11.6 Å². The zero-order valence-electron chi connectivity index (χ0n) is 12.4. The Bertz CT molecular complexity index is 824. The van der Waals surface area contributed by atoms with Crippen LogP contribution < -0.4 is 15.8 Å². The molecule has 3 rings (SSSR count). The largest absolute Gasteiger partial charge is 0.439 e. The van der Waals surface area contributed by atoms with Gasteiger partial charge in [0.25, 0.3) is 0 Å². The molecule has 0 aliphatic rings. The predicted octanol–water partition coefficient (Wildman–Crippen LogP) is 3.65. The lowest BCUT2D eigenvalue weighted by atomic mass is 10.2. The molecule has 3 N–H and O–H groups in total. The maximum atomic E-state index is 12.9. The predicted molar refractivity (Wildman–Crippen MR) is 89.5 cm³/mol. The van der Waals surface area contributed by atoms with Gasteiger partial charge >= 0.3 is 0 Å². The third-order valence-corrected chi connectivity index (χ3v) is 3.21. The van der Waals surface area contributed by atoms with E-state index in [1.807, 2.05) is 6.07 Å². The maximum absolute atomic E-state index is 12.9. The summed E-state index contributed by atoms with van der Waals surface area (Å²) in [6, 6.07) is 10.9. The van der Waals surface area contributed by atoms with Crippen molar-refractivity contribution in [3.8, 4) is 11.6 Å². The first kappa shape index (κ1) is 15.9. The molecule has 0 saturated heterocycles. The van der Waals surface area contributed by atoms with Crippen molar-refractivity contribution in [2.75, 3.05) is 11.1 Å². The van der Waals surface area contributed by atoms with E-state index in [1.54, 1.807) is 18.3 Å².